The number of hydrogen-bond donors (Lipinski definition) is 0. The lowest BCUT2D eigenvalue weighted by molar-refractivity contribution is -0.679. The van der Waals surface area contributed by atoms with E-state index in [1.54, 1.807) is 0 Å². The van der Waals surface area contributed by atoms with Crippen molar-refractivity contribution in [2.45, 2.75) is 13.8 Å². The fraction of sp³-hybridized carbons (Fsp3) is 0.300. The maximum atomic E-state index is 9.75. The van der Waals surface area contributed by atoms with Gasteiger partial charge in [-0.2, -0.15) is 4.57 Å². The van der Waals surface area contributed by atoms with E-state index in [-0.39, 0.29) is 0 Å². The van der Waals surface area contributed by atoms with Crippen LogP contribution in [-0.2, 0) is 7.05 Å². The zero-order valence-electron chi connectivity index (χ0n) is 9.48. The minimum Gasteiger partial charge on any atom is -0.418 e. The van der Waals surface area contributed by atoms with Gasteiger partial charge in [0.2, 0.25) is 5.69 Å². The number of aryl methyl sites for hydroxylation is 2. The monoisotopic (exact) mass is 235 g/mol. The van der Waals surface area contributed by atoms with Crippen LogP contribution >= 0.6 is 0 Å². The summed E-state index contributed by atoms with van der Waals surface area (Å²) in [5.41, 5.74) is 3.72. The molecule has 0 saturated heterocycles. The van der Waals surface area contributed by atoms with Crippen LogP contribution in [0.1, 0.15) is 17.0 Å². The normalized spacial score (nSPS) is 10.4. The molecule has 0 atom stereocenters. The zero-order chi connectivity index (χ0) is 12.9. The van der Waals surface area contributed by atoms with Crippen molar-refractivity contribution in [3.8, 4) is 0 Å². The zero-order valence-corrected chi connectivity index (χ0v) is 9.48. The van der Waals surface area contributed by atoms with E-state index in [2.05, 4.69) is 37.1 Å². The third-order valence-corrected chi connectivity index (χ3v) is 1.94. The van der Waals surface area contributed by atoms with Crippen molar-refractivity contribution in [2.24, 2.45) is 7.05 Å². The first-order valence-corrected chi connectivity index (χ1v) is 4.62. The highest BCUT2D eigenvalue weighted by molar-refractivity contribution is 6.50. The van der Waals surface area contributed by atoms with Gasteiger partial charge >= 0.3 is 7.25 Å². The van der Waals surface area contributed by atoms with E-state index in [1.807, 2.05) is 13.1 Å². The molecule has 1 aromatic heterocycles. The summed E-state index contributed by atoms with van der Waals surface area (Å²) in [6.07, 6.45) is 1.88. The molecule has 1 nitrogen and oxygen atoms in total. The van der Waals surface area contributed by atoms with Gasteiger partial charge in [-0.05, 0) is 12.5 Å². The molecule has 0 aliphatic rings. The predicted molar refractivity (Wildman–Crippen MR) is 57.4 cm³/mol. The quantitative estimate of drug-likeness (QED) is 0.400. The number of pyridine rings is 1. The van der Waals surface area contributed by atoms with Gasteiger partial charge in [-0.15, -0.1) is 0 Å². The fourth-order valence-electron chi connectivity index (χ4n) is 1.20. The number of nitrogens with zero attached hydrogens (tertiary/aromatic N) is 1. The maximum absolute atomic E-state index is 9.75. The number of rotatable bonds is 1. The van der Waals surface area contributed by atoms with Crippen molar-refractivity contribution in [1.82, 2.24) is 0 Å². The Balaban J connectivity index is 0.000000385. The van der Waals surface area contributed by atoms with Gasteiger partial charge in [0.1, 0.15) is 7.05 Å². The summed E-state index contributed by atoms with van der Waals surface area (Å²) in [7, 11) is -3.95. The number of halogens is 4. The standard InChI is InChI=1S/C10H14N.BF4/c1-5-10-7-8(2)6-9(3)11(10)4;2-1(3,4)5/h5-7H,1H2,2-4H3;/q+1;-1. The minimum atomic E-state index is -6.00. The molecule has 0 aliphatic heterocycles. The van der Waals surface area contributed by atoms with Crippen LogP contribution in [0.2, 0.25) is 0 Å². The largest absolute Gasteiger partial charge is 0.673 e. The van der Waals surface area contributed by atoms with Gasteiger partial charge in [0.15, 0.2) is 5.69 Å². The fourth-order valence-corrected chi connectivity index (χ4v) is 1.20. The molecule has 1 rings (SSSR count). The van der Waals surface area contributed by atoms with Crippen molar-refractivity contribution < 1.29 is 21.8 Å². The van der Waals surface area contributed by atoms with Gasteiger partial charge in [-0.1, -0.05) is 6.58 Å². The van der Waals surface area contributed by atoms with Crippen molar-refractivity contribution >= 4 is 13.3 Å². The molecule has 6 heteroatoms. The van der Waals surface area contributed by atoms with Crippen molar-refractivity contribution in [2.75, 3.05) is 0 Å². The van der Waals surface area contributed by atoms with Crippen LogP contribution in [0.3, 0.4) is 0 Å². The Labute approximate surface area is 92.5 Å². The molecule has 90 valence electrons. The van der Waals surface area contributed by atoms with Gasteiger partial charge < -0.3 is 17.3 Å². The van der Waals surface area contributed by atoms with Crippen LogP contribution in [0.15, 0.2) is 18.7 Å². The molecule has 0 N–H and O–H groups in total. The van der Waals surface area contributed by atoms with Gasteiger partial charge in [0, 0.05) is 25.1 Å². The average Bonchev–Trinajstić information content (AvgIpc) is 2.08. The lowest BCUT2D eigenvalue weighted by Crippen LogP contribution is -2.35. The second-order valence-corrected chi connectivity index (χ2v) is 3.36. The van der Waals surface area contributed by atoms with Crippen LogP contribution in [0.5, 0.6) is 0 Å². The second-order valence-electron chi connectivity index (χ2n) is 3.36. The van der Waals surface area contributed by atoms with Crippen LogP contribution in [0, 0.1) is 13.8 Å². The Kier molecular flexibility index (Phi) is 5.21. The van der Waals surface area contributed by atoms with Crippen LogP contribution < -0.4 is 4.57 Å². The first kappa shape index (κ1) is 14.7. The average molecular weight is 235 g/mol. The molecule has 0 aliphatic carbocycles. The van der Waals surface area contributed by atoms with E-state index in [0.717, 1.165) is 0 Å². The Morgan fingerprint density at radius 2 is 1.62 bits per heavy atom. The van der Waals surface area contributed by atoms with Gasteiger partial charge in [0.05, 0.1) is 0 Å². The molecular weight excluding hydrogens is 221 g/mol. The molecule has 0 unspecified atom stereocenters. The predicted octanol–water partition coefficient (Wildman–Crippen LogP) is 3.07. The molecule has 1 heterocycles. The summed E-state index contributed by atoms with van der Waals surface area (Å²) < 4.78 is 41.1. The molecule has 0 aromatic carbocycles. The molecule has 0 bridgehead atoms. The van der Waals surface area contributed by atoms with E-state index in [1.165, 1.54) is 17.0 Å². The molecule has 0 spiro atoms. The van der Waals surface area contributed by atoms with E-state index in [9.17, 15) is 17.3 Å². The van der Waals surface area contributed by atoms with E-state index >= 15 is 0 Å². The molecule has 1 aromatic rings. The highest BCUT2D eigenvalue weighted by Crippen LogP contribution is 2.06. The van der Waals surface area contributed by atoms with E-state index < -0.39 is 7.25 Å². The topological polar surface area (TPSA) is 3.88 Å². The lowest BCUT2D eigenvalue weighted by atomic mass is 10.2. The third-order valence-electron chi connectivity index (χ3n) is 1.94. The smallest absolute Gasteiger partial charge is 0.418 e. The second kappa shape index (κ2) is 5.68. The van der Waals surface area contributed by atoms with Gasteiger partial charge in [-0.25, -0.2) is 0 Å². The Morgan fingerprint density at radius 1 is 1.19 bits per heavy atom. The SMILES string of the molecule is C=Cc1cc(C)cc(C)[n+]1C.F[B-](F)(F)F. The summed E-state index contributed by atoms with van der Waals surface area (Å²) in [4.78, 5) is 0. The molecule has 0 radical (unpaired) electrons. The highest BCUT2D eigenvalue weighted by atomic mass is 19.5. The Bertz CT molecular complexity index is 368. The highest BCUT2D eigenvalue weighted by Gasteiger charge is 2.20. The minimum absolute atomic E-state index is 1.17. The van der Waals surface area contributed by atoms with Crippen molar-refractivity contribution in [3.05, 3.63) is 35.7 Å². The first-order chi connectivity index (χ1) is 7.15. The summed E-state index contributed by atoms with van der Waals surface area (Å²) in [5.74, 6) is 0. The van der Waals surface area contributed by atoms with Crippen LogP contribution in [-0.4, -0.2) is 7.25 Å². The third kappa shape index (κ3) is 6.21. The van der Waals surface area contributed by atoms with Gasteiger partial charge in [-0.3, -0.25) is 0 Å². The van der Waals surface area contributed by atoms with Crippen LogP contribution in [0.4, 0.5) is 17.3 Å². The number of hydrogen-bond acceptors (Lipinski definition) is 0. The molecular formula is C10H14BF4N. The Morgan fingerprint density at radius 3 is 2.00 bits per heavy atom. The first-order valence-electron chi connectivity index (χ1n) is 4.62. The van der Waals surface area contributed by atoms with Crippen LogP contribution in [0.25, 0.3) is 6.08 Å². The Hall–Kier alpha value is -1.33. The summed E-state index contributed by atoms with van der Waals surface area (Å²) in [5, 5.41) is 0. The van der Waals surface area contributed by atoms with E-state index in [0.29, 0.717) is 0 Å². The maximum Gasteiger partial charge on any atom is 0.673 e. The summed E-state index contributed by atoms with van der Waals surface area (Å²) in [6, 6.07) is 4.28. The van der Waals surface area contributed by atoms with E-state index in [4.69, 9.17) is 0 Å². The number of aromatic nitrogens is 1. The summed E-state index contributed by atoms with van der Waals surface area (Å²) in [6.45, 7) is 7.95. The van der Waals surface area contributed by atoms with Gasteiger partial charge in [0.25, 0.3) is 0 Å². The van der Waals surface area contributed by atoms with Crippen molar-refractivity contribution in [1.29, 1.82) is 0 Å². The van der Waals surface area contributed by atoms with Crippen molar-refractivity contribution in [3.63, 3.8) is 0 Å². The summed E-state index contributed by atoms with van der Waals surface area (Å²) >= 11 is 0. The molecule has 16 heavy (non-hydrogen) atoms. The molecule has 0 amide bonds. The molecule has 0 saturated carbocycles. The lowest BCUT2D eigenvalue weighted by Gasteiger charge is -1.98. The molecule has 0 fully saturated rings.